The number of allylic oxidation sites excluding steroid dienone is 5. The molecule has 0 amide bonds. The van der Waals surface area contributed by atoms with Crippen LogP contribution in [0.5, 0.6) is 0 Å². The Kier molecular flexibility index (Phi) is 5.20. The number of Topliss-reactive ketones (excluding diaryl/α,β-unsaturated/α-hetero) is 1. The van der Waals surface area contributed by atoms with Crippen molar-refractivity contribution in [3.63, 3.8) is 0 Å². The number of carbonyl (C=O) groups is 1. The van der Waals surface area contributed by atoms with Gasteiger partial charge >= 0.3 is 0 Å². The van der Waals surface area contributed by atoms with Gasteiger partial charge in [0.1, 0.15) is 11.9 Å². The largest absolute Gasteiger partial charge is 0.489 e. The first-order valence-corrected chi connectivity index (χ1v) is 6.33. The van der Waals surface area contributed by atoms with Gasteiger partial charge in [-0.3, -0.25) is 4.79 Å². The zero-order valence-corrected chi connectivity index (χ0v) is 11.2. The lowest BCUT2D eigenvalue weighted by molar-refractivity contribution is -0.121. The lowest BCUT2D eigenvalue weighted by Crippen LogP contribution is -2.31. The summed E-state index contributed by atoms with van der Waals surface area (Å²) in [4.78, 5) is 12.0. The van der Waals surface area contributed by atoms with E-state index in [4.69, 9.17) is 4.74 Å². The lowest BCUT2D eigenvalue weighted by Gasteiger charge is -2.30. The minimum atomic E-state index is 0.0210. The van der Waals surface area contributed by atoms with Gasteiger partial charge in [-0.1, -0.05) is 38.5 Å². The lowest BCUT2D eigenvalue weighted by atomic mass is 9.91. The van der Waals surface area contributed by atoms with Crippen molar-refractivity contribution in [1.82, 2.24) is 0 Å². The molecule has 0 aliphatic carbocycles. The van der Waals surface area contributed by atoms with Crippen molar-refractivity contribution in [2.75, 3.05) is 0 Å². The predicted octanol–water partition coefficient (Wildman–Crippen LogP) is 3.80. The van der Waals surface area contributed by atoms with E-state index in [1.807, 2.05) is 38.2 Å². The summed E-state index contributed by atoms with van der Waals surface area (Å²) in [5.41, 5.74) is 0.711. The quantitative estimate of drug-likeness (QED) is 0.694. The third-order valence-electron chi connectivity index (χ3n) is 3.24. The van der Waals surface area contributed by atoms with Gasteiger partial charge in [0.15, 0.2) is 5.78 Å². The maximum absolute atomic E-state index is 12.0. The Morgan fingerprint density at radius 3 is 2.71 bits per heavy atom. The molecule has 1 aliphatic heterocycles. The molecule has 17 heavy (non-hydrogen) atoms. The van der Waals surface area contributed by atoms with Crippen molar-refractivity contribution in [3.8, 4) is 0 Å². The van der Waals surface area contributed by atoms with Crippen LogP contribution in [0.3, 0.4) is 0 Å². The molecule has 1 fully saturated rings. The summed E-state index contributed by atoms with van der Waals surface area (Å²) < 4.78 is 5.94. The molecule has 2 unspecified atom stereocenters. The first-order chi connectivity index (χ1) is 8.13. The molecule has 0 aromatic heterocycles. The standard InChI is InChI=1S/C15H22O2/c1-5-8-9-14-12(7-3)13(16)10-15(17-14)11(4)6-2/h5,7-9,11,15H,6,10H2,1-4H3/b8-5-,12-7-,14-9+. The molecule has 1 heterocycles. The number of rotatable bonds is 3. The molecule has 0 bridgehead atoms. The highest BCUT2D eigenvalue weighted by Gasteiger charge is 2.30. The van der Waals surface area contributed by atoms with Gasteiger partial charge in [0.2, 0.25) is 0 Å². The van der Waals surface area contributed by atoms with Gasteiger partial charge in [-0.05, 0) is 25.8 Å². The monoisotopic (exact) mass is 234 g/mol. The molecule has 0 aromatic rings. The van der Waals surface area contributed by atoms with Crippen molar-refractivity contribution in [2.45, 2.75) is 46.6 Å². The number of ether oxygens (including phenoxy) is 1. The molecule has 0 spiro atoms. The smallest absolute Gasteiger partial charge is 0.169 e. The van der Waals surface area contributed by atoms with Crippen molar-refractivity contribution in [3.05, 3.63) is 35.6 Å². The molecule has 0 saturated carbocycles. The van der Waals surface area contributed by atoms with E-state index in [0.717, 1.165) is 6.42 Å². The van der Waals surface area contributed by atoms with Crippen molar-refractivity contribution < 1.29 is 9.53 Å². The fraction of sp³-hybridized carbons (Fsp3) is 0.533. The van der Waals surface area contributed by atoms with E-state index in [0.29, 0.717) is 23.7 Å². The molecule has 2 heteroatoms. The van der Waals surface area contributed by atoms with E-state index >= 15 is 0 Å². The molecule has 1 aliphatic rings. The van der Waals surface area contributed by atoms with Crippen LogP contribution in [0.4, 0.5) is 0 Å². The summed E-state index contributed by atoms with van der Waals surface area (Å²) in [7, 11) is 0. The third kappa shape index (κ3) is 3.32. The number of hydrogen-bond donors (Lipinski definition) is 0. The summed E-state index contributed by atoms with van der Waals surface area (Å²) >= 11 is 0. The molecular formula is C15H22O2. The van der Waals surface area contributed by atoms with Crippen molar-refractivity contribution >= 4 is 5.78 Å². The van der Waals surface area contributed by atoms with Crippen LogP contribution in [0.25, 0.3) is 0 Å². The van der Waals surface area contributed by atoms with Crippen LogP contribution in [0, 0.1) is 5.92 Å². The Balaban J connectivity index is 2.95. The van der Waals surface area contributed by atoms with Gasteiger partial charge in [-0.2, -0.15) is 0 Å². The van der Waals surface area contributed by atoms with E-state index < -0.39 is 0 Å². The number of ketones is 1. The Hall–Kier alpha value is -1.31. The summed E-state index contributed by atoms with van der Waals surface area (Å²) in [6.07, 6.45) is 9.10. The summed E-state index contributed by atoms with van der Waals surface area (Å²) in [6, 6.07) is 0. The van der Waals surface area contributed by atoms with Gasteiger partial charge in [0.05, 0.1) is 5.57 Å². The Morgan fingerprint density at radius 2 is 2.18 bits per heavy atom. The van der Waals surface area contributed by atoms with E-state index in [2.05, 4.69) is 13.8 Å². The summed E-state index contributed by atoms with van der Waals surface area (Å²) in [5, 5.41) is 0. The maximum atomic E-state index is 12.0. The van der Waals surface area contributed by atoms with E-state index in [1.54, 1.807) is 0 Å². The number of hydrogen-bond acceptors (Lipinski definition) is 2. The van der Waals surface area contributed by atoms with Crippen LogP contribution in [0.1, 0.15) is 40.5 Å². The average Bonchev–Trinajstić information content (AvgIpc) is 2.34. The van der Waals surface area contributed by atoms with Crippen LogP contribution in [-0.4, -0.2) is 11.9 Å². The molecule has 0 N–H and O–H groups in total. The molecule has 2 nitrogen and oxygen atoms in total. The highest BCUT2D eigenvalue weighted by Crippen LogP contribution is 2.29. The van der Waals surface area contributed by atoms with E-state index in [9.17, 15) is 4.79 Å². The summed E-state index contributed by atoms with van der Waals surface area (Å²) in [5.74, 6) is 1.32. The Morgan fingerprint density at radius 1 is 1.47 bits per heavy atom. The minimum Gasteiger partial charge on any atom is -0.489 e. The minimum absolute atomic E-state index is 0.0210. The third-order valence-corrected chi connectivity index (χ3v) is 3.24. The van der Waals surface area contributed by atoms with Crippen molar-refractivity contribution in [1.29, 1.82) is 0 Å². The zero-order chi connectivity index (χ0) is 12.8. The van der Waals surface area contributed by atoms with Gasteiger partial charge < -0.3 is 4.74 Å². The molecular weight excluding hydrogens is 212 g/mol. The second-order valence-corrected chi connectivity index (χ2v) is 4.43. The van der Waals surface area contributed by atoms with Crippen molar-refractivity contribution in [2.24, 2.45) is 5.92 Å². The van der Waals surface area contributed by atoms with E-state index in [1.165, 1.54) is 0 Å². The molecule has 0 radical (unpaired) electrons. The first kappa shape index (κ1) is 13.8. The van der Waals surface area contributed by atoms with Crippen LogP contribution in [0.2, 0.25) is 0 Å². The first-order valence-electron chi connectivity index (χ1n) is 6.33. The zero-order valence-electron chi connectivity index (χ0n) is 11.2. The van der Waals surface area contributed by atoms with E-state index in [-0.39, 0.29) is 11.9 Å². The summed E-state index contributed by atoms with van der Waals surface area (Å²) in [6.45, 7) is 8.08. The molecule has 94 valence electrons. The number of carbonyl (C=O) groups excluding carboxylic acids is 1. The maximum Gasteiger partial charge on any atom is 0.169 e. The van der Waals surface area contributed by atoms with Crippen LogP contribution in [0.15, 0.2) is 35.6 Å². The molecule has 1 saturated heterocycles. The van der Waals surface area contributed by atoms with Gasteiger partial charge in [-0.25, -0.2) is 0 Å². The van der Waals surface area contributed by atoms with Crippen LogP contribution < -0.4 is 0 Å². The fourth-order valence-electron chi connectivity index (χ4n) is 1.89. The molecule has 1 rings (SSSR count). The van der Waals surface area contributed by atoms with Crippen LogP contribution >= 0.6 is 0 Å². The topological polar surface area (TPSA) is 26.3 Å². The van der Waals surface area contributed by atoms with Gasteiger partial charge in [0.25, 0.3) is 0 Å². The normalized spacial score (nSPS) is 27.8. The average molecular weight is 234 g/mol. The fourth-order valence-corrected chi connectivity index (χ4v) is 1.89. The predicted molar refractivity (Wildman–Crippen MR) is 70.6 cm³/mol. The molecule has 0 aromatic carbocycles. The Bertz CT molecular complexity index is 361. The molecule has 2 atom stereocenters. The highest BCUT2D eigenvalue weighted by molar-refractivity contribution is 6.00. The van der Waals surface area contributed by atoms with Gasteiger partial charge in [0, 0.05) is 6.42 Å². The second kappa shape index (κ2) is 6.43. The SMILES string of the molecule is C\C=C/C=C1/OC(C(C)CC)CC(=O)/C1=C/C. The highest BCUT2D eigenvalue weighted by atomic mass is 16.5. The van der Waals surface area contributed by atoms with Crippen LogP contribution in [-0.2, 0) is 9.53 Å². The second-order valence-electron chi connectivity index (χ2n) is 4.43. The Labute approximate surface area is 104 Å². The van der Waals surface area contributed by atoms with Gasteiger partial charge in [-0.15, -0.1) is 0 Å².